The van der Waals surface area contributed by atoms with E-state index in [1.165, 1.54) is 23.2 Å². The van der Waals surface area contributed by atoms with E-state index in [0.29, 0.717) is 4.88 Å². The molecular weight excluding hydrogens is 348 g/mol. The van der Waals surface area contributed by atoms with Gasteiger partial charge >= 0.3 is 0 Å². The van der Waals surface area contributed by atoms with Crippen LogP contribution in [0.3, 0.4) is 0 Å². The number of fused-ring (bicyclic) bond motifs is 1. The van der Waals surface area contributed by atoms with Gasteiger partial charge < -0.3 is 15.7 Å². The fraction of sp³-hybridized carbons (Fsp3) is 0.316. The van der Waals surface area contributed by atoms with Crippen molar-refractivity contribution in [2.45, 2.75) is 26.3 Å². The number of benzene rings is 1. The average Bonchev–Trinajstić information content (AvgIpc) is 3.00. The fourth-order valence-electron chi connectivity index (χ4n) is 2.73. The third kappa shape index (κ3) is 4.00. The van der Waals surface area contributed by atoms with Gasteiger partial charge in [0.05, 0.1) is 16.9 Å². The minimum Gasteiger partial charge on any atom is -0.394 e. The van der Waals surface area contributed by atoms with E-state index in [9.17, 15) is 4.79 Å². The second kappa shape index (κ2) is 8.25. The highest BCUT2D eigenvalue weighted by atomic mass is 32.1. The fourth-order valence-corrected chi connectivity index (χ4v) is 3.78. The highest BCUT2D eigenvalue weighted by Gasteiger charge is 2.20. The number of carbonyl (C=O) groups is 1. The molecule has 2 heterocycles. The highest BCUT2D eigenvalue weighted by Crippen LogP contribution is 2.33. The quantitative estimate of drug-likeness (QED) is 0.595. The summed E-state index contributed by atoms with van der Waals surface area (Å²) in [6.07, 6.45) is 2.40. The van der Waals surface area contributed by atoms with Gasteiger partial charge in [0.1, 0.15) is 17.0 Å². The van der Waals surface area contributed by atoms with Crippen LogP contribution in [0.25, 0.3) is 10.2 Å². The minimum atomic E-state index is -0.290. The Bertz CT molecular complexity index is 895. The maximum Gasteiger partial charge on any atom is 0.262 e. The minimum absolute atomic E-state index is 0.0955. The molecule has 0 fully saturated rings. The first-order valence-electron chi connectivity index (χ1n) is 8.53. The summed E-state index contributed by atoms with van der Waals surface area (Å²) in [6, 6.07) is 9.96. The summed E-state index contributed by atoms with van der Waals surface area (Å²) < 4.78 is 0. The van der Waals surface area contributed by atoms with Crippen molar-refractivity contribution in [3.63, 3.8) is 0 Å². The van der Waals surface area contributed by atoms with E-state index in [2.05, 4.69) is 32.7 Å². The van der Waals surface area contributed by atoms with E-state index in [1.54, 1.807) is 6.92 Å². The number of nitrogens with one attached hydrogen (secondary N) is 2. The van der Waals surface area contributed by atoms with Crippen molar-refractivity contribution < 1.29 is 9.90 Å². The summed E-state index contributed by atoms with van der Waals surface area (Å²) in [6.45, 7) is 4.32. The molecule has 26 heavy (non-hydrogen) atoms. The molecular formula is C19H22N4O2S. The molecule has 1 unspecified atom stereocenters. The Morgan fingerprint density at radius 2 is 2.04 bits per heavy atom. The first-order chi connectivity index (χ1) is 12.6. The molecule has 0 radical (unpaired) electrons. The Kier molecular flexibility index (Phi) is 5.80. The molecule has 0 spiro atoms. The summed E-state index contributed by atoms with van der Waals surface area (Å²) in [7, 11) is 0. The van der Waals surface area contributed by atoms with Gasteiger partial charge in [0.15, 0.2) is 0 Å². The molecule has 3 N–H and O–H groups in total. The van der Waals surface area contributed by atoms with Gasteiger partial charge in [-0.25, -0.2) is 9.97 Å². The monoisotopic (exact) mass is 370 g/mol. The van der Waals surface area contributed by atoms with Crippen molar-refractivity contribution >= 4 is 33.3 Å². The molecule has 1 atom stereocenters. The number of hydrogen-bond acceptors (Lipinski definition) is 6. The van der Waals surface area contributed by atoms with Crippen molar-refractivity contribution in [3.05, 3.63) is 52.7 Å². The molecule has 0 saturated carbocycles. The zero-order valence-electron chi connectivity index (χ0n) is 14.8. The SMILES string of the molecule is Cc1c(C(=O)NC(C)CO)sc2ncnc(NCCc3ccccc3)c12. The van der Waals surface area contributed by atoms with E-state index in [-0.39, 0.29) is 18.6 Å². The van der Waals surface area contributed by atoms with Crippen LogP contribution in [0.2, 0.25) is 0 Å². The lowest BCUT2D eigenvalue weighted by Crippen LogP contribution is -2.34. The number of aryl methyl sites for hydroxylation is 1. The third-order valence-corrected chi connectivity index (χ3v) is 5.33. The summed E-state index contributed by atoms with van der Waals surface area (Å²) in [5.41, 5.74) is 2.11. The summed E-state index contributed by atoms with van der Waals surface area (Å²) in [5, 5.41) is 16.2. The molecule has 3 aromatic rings. The molecule has 2 aromatic heterocycles. The molecule has 1 aromatic carbocycles. The van der Waals surface area contributed by atoms with Gasteiger partial charge in [-0.2, -0.15) is 0 Å². The Morgan fingerprint density at radius 3 is 2.77 bits per heavy atom. The first-order valence-corrected chi connectivity index (χ1v) is 9.35. The Morgan fingerprint density at radius 1 is 1.27 bits per heavy atom. The number of amides is 1. The number of nitrogens with zero attached hydrogens (tertiary/aromatic N) is 2. The molecule has 136 valence electrons. The Hall–Kier alpha value is -2.51. The largest absolute Gasteiger partial charge is 0.394 e. The van der Waals surface area contributed by atoms with Gasteiger partial charge in [-0.1, -0.05) is 30.3 Å². The van der Waals surface area contributed by atoms with Crippen LogP contribution in [-0.4, -0.2) is 40.2 Å². The van der Waals surface area contributed by atoms with Crippen LogP contribution < -0.4 is 10.6 Å². The van der Waals surface area contributed by atoms with Crippen molar-refractivity contribution in [2.75, 3.05) is 18.5 Å². The lowest BCUT2D eigenvalue weighted by Gasteiger charge is -2.10. The van der Waals surface area contributed by atoms with Crippen LogP contribution in [0.4, 0.5) is 5.82 Å². The summed E-state index contributed by atoms with van der Waals surface area (Å²) >= 11 is 1.34. The van der Waals surface area contributed by atoms with Crippen LogP contribution in [0.15, 0.2) is 36.7 Å². The van der Waals surface area contributed by atoms with Gasteiger partial charge in [-0.3, -0.25) is 4.79 Å². The number of anilines is 1. The number of thiophene rings is 1. The second-order valence-electron chi connectivity index (χ2n) is 6.18. The maximum absolute atomic E-state index is 12.4. The Balaban J connectivity index is 1.79. The predicted molar refractivity (Wildman–Crippen MR) is 105 cm³/mol. The summed E-state index contributed by atoms with van der Waals surface area (Å²) in [4.78, 5) is 22.5. The molecule has 0 aliphatic heterocycles. The molecule has 0 saturated heterocycles. The average molecular weight is 370 g/mol. The second-order valence-corrected chi connectivity index (χ2v) is 7.18. The van der Waals surface area contributed by atoms with E-state index >= 15 is 0 Å². The van der Waals surface area contributed by atoms with E-state index in [4.69, 9.17) is 5.11 Å². The molecule has 1 amide bonds. The topological polar surface area (TPSA) is 87.1 Å². The number of aliphatic hydroxyl groups is 1. The number of aromatic nitrogens is 2. The van der Waals surface area contributed by atoms with Gasteiger partial charge in [0.2, 0.25) is 0 Å². The lowest BCUT2D eigenvalue weighted by molar-refractivity contribution is 0.0926. The molecule has 0 aliphatic rings. The zero-order chi connectivity index (χ0) is 18.5. The normalized spacial score (nSPS) is 12.1. The van der Waals surface area contributed by atoms with Crippen molar-refractivity contribution in [1.29, 1.82) is 0 Å². The molecule has 3 rings (SSSR count). The number of rotatable bonds is 7. The standard InChI is InChI=1S/C19H22N4O2S/c1-12(10-24)23-18(25)16-13(2)15-17(21-11-22-19(15)26-16)20-9-8-14-6-4-3-5-7-14/h3-7,11-12,24H,8-10H2,1-2H3,(H,23,25)(H,20,21,22). The molecule has 0 bridgehead atoms. The van der Waals surface area contributed by atoms with Crippen molar-refractivity contribution in [1.82, 2.24) is 15.3 Å². The lowest BCUT2D eigenvalue weighted by atomic mass is 10.1. The first kappa shape index (κ1) is 18.3. The van der Waals surface area contributed by atoms with Crippen molar-refractivity contribution in [2.24, 2.45) is 0 Å². The molecule has 7 heteroatoms. The van der Waals surface area contributed by atoms with Gasteiger partial charge in [-0.15, -0.1) is 11.3 Å². The third-order valence-electron chi connectivity index (χ3n) is 4.13. The zero-order valence-corrected chi connectivity index (χ0v) is 15.6. The summed E-state index contributed by atoms with van der Waals surface area (Å²) in [5.74, 6) is 0.552. The maximum atomic E-state index is 12.4. The number of hydrogen-bond donors (Lipinski definition) is 3. The van der Waals surface area contributed by atoms with Crippen LogP contribution in [-0.2, 0) is 6.42 Å². The van der Waals surface area contributed by atoms with Gasteiger partial charge in [0.25, 0.3) is 5.91 Å². The van der Waals surface area contributed by atoms with Crippen LogP contribution in [0.1, 0.15) is 27.7 Å². The van der Waals surface area contributed by atoms with Crippen molar-refractivity contribution in [3.8, 4) is 0 Å². The van der Waals surface area contributed by atoms with Gasteiger partial charge in [-0.05, 0) is 31.4 Å². The Labute approximate surface area is 156 Å². The number of carbonyl (C=O) groups excluding carboxylic acids is 1. The van der Waals surface area contributed by atoms with Crippen LogP contribution >= 0.6 is 11.3 Å². The predicted octanol–water partition coefficient (Wildman–Crippen LogP) is 2.76. The van der Waals surface area contributed by atoms with E-state index in [1.807, 2.05) is 25.1 Å². The molecule has 0 aliphatic carbocycles. The molecule has 6 nitrogen and oxygen atoms in total. The number of aliphatic hydroxyl groups excluding tert-OH is 1. The van der Waals surface area contributed by atoms with Crippen LogP contribution in [0.5, 0.6) is 0 Å². The smallest absolute Gasteiger partial charge is 0.262 e. The van der Waals surface area contributed by atoms with E-state index in [0.717, 1.165) is 34.6 Å². The van der Waals surface area contributed by atoms with E-state index < -0.39 is 0 Å². The van der Waals surface area contributed by atoms with Gasteiger partial charge in [0, 0.05) is 12.6 Å². The van der Waals surface area contributed by atoms with Crippen LogP contribution in [0, 0.1) is 6.92 Å². The highest BCUT2D eigenvalue weighted by molar-refractivity contribution is 7.20.